The third-order valence-electron chi connectivity index (χ3n) is 4.03. The highest BCUT2D eigenvalue weighted by Crippen LogP contribution is 2.43. The Labute approximate surface area is 169 Å². The van der Waals surface area contributed by atoms with E-state index in [-0.39, 0.29) is 23.8 Å². The van der Waals surface area contributed by atoms with Crippen LogP contribution in [0.3, 0.4) is 0 Å². The van der Waals surface area contributed by atoms with Crippen molar-refractivity contribution in [3.8, 4) is 17.2 Å². The molecule has 2 aromatic rings. The molecule has 0 N–H and O–H groups in total. The Hall–Kier alpha value is -2.64. The third kappa shape index (κ3) is 5.25. The molecule has 0 amide bonds. The minimum atomic E-state index is -3.11. The standard InChI is InChI=1S/C19H24NO8P/c1-6-24-15-10-14(11(4)12(5)17(15)25-7-2)27-19(29(22)23)16-9-13(20-28-16)18(21)26-8-3/h9-10,19H,6-8H2,1-5H3. The summed E-state index contributed by atoms with van der Waals surface area (Å²) < 4.78 is 38.7. The van der Waals surface area contributed by atoms with Crippen LogP contribution in [0.2, 0.25) is 0 Å². The second-order valence-electron chi connectivity index (χ2n) is 5.91. The maximum absolute atomic E-state index is 11.8. The van der Waals surface area contributed by atoms with E-state index in [1.807, 2.05) is 20.8 Å². The molecule has 10 heteroatoms. The fourth-order valence-electron chi connectivity index (χ4n) is 2.57. The third-order valence-corrected chi connectivity index (χ3v) is 4.78. The lowest BCUT2D eigenvalue weighted by Crippen LogP contribution is -2.10. The van der Waals surface area contributed by atoms with Gasteiger partial charge in [-0.15, -0.1) is 0 Å². The first kappa shape index (κ1) is 22.6. The summed E-state index contributed by atoms with van der Waals surface area (Å²) >= 11 is 0. The fraction of sp³-hybridized carbons (Fsp3) is 0.474. The normalized spacial score (nSPS) is 12.3. The zero-order valence-electron chi connectivity index (χ0n) is 17.0. The molecule has 0 spiro atoms. The summed E-state index contributed by atoms with van der Waals surface area (Å²) in [6.07, 6.45) is 0. The van der Waals surface area contributed by atoms with Crippen molar-refractivity contribution in [2.75, 3.05) is 19.8 Å². The first-order valence-corrected chi connectivity index (χ1v) is 10.4. The van der Waals surface area contributed by atoms with E-state index in [2.05, 4.69) is 5.16 Å². The van der Waals surface area contributed by atoms with E-state index in [4.69, 9.17) is 23.5 Å². The predicted molar refractivity (Wildman–Crippen MR) is 102 cm³/mol. The second kappa shape index (κ2) is 10.2. The maximum Gasteiger partial charge on any atom is 0.363 e. The molecule has 1 aromatic heterocycles. The summed E-state index contributed by atoms with van der Waals surface area (Å²) in [6.45, 7) is 9.94. The lowest BCUT2D eigenvalue weighted by atomic mass is 10.1. The smallest absolute Gasteiger partial charge is 0.363 e. The van der Waals surface area contributed by atoms with Crippen LogP contribution in [0.1, 0.15) is 54.0 Å². The van der Waals surface area contributed by atoms with E-state index in [1.54, 1.807) is 19.9 Å². The second-order valence-corrected chi connectivity index (χ2v) is 6.95. The molecule has 0 bridgehead atoms. The number of hydrogen-bond donors (Lipinski definition) is 0. The van der Waals surface area contributed by atoms with Gasteiger partial charge in [-0.25, -0.2) is 4.79 Å². The van der Waals surface area contributed by atoms with Crippen molar-refractivity contribution in [3.05, 3.63) is 34.7 Å². The average molecular weight is 425 g/mol. The predicted octanol–water partition coefficient (Wildman–Crippen LogP) is 3.45. The van der Waals surface area contributed by atoms with Gasteiger partial charge < -0.3 is 28.4 Å². The van der Waals surface area contributed by atoms with E-state index < -0.39 is 19.8 Å². The summed E-state index contributed by atoms with van der Waals surface area (Å²) in [5, 5.41) is 3.56. The van der Waals surface area contributed by atoms with E-state index in [0.29, 0.717) is 30.3 Å². The van der Waals surface area contributed by atoms with Crippen LogP contribution in [-0.2, 0) is 9.30 Å². The summed E-state index contributed by atoms with van der Waals surface area (Å²) in [5.74, 6) is -1.02. The van der Waals surface area contributed by atoms with Gasteiger partial charge >= 0.3 is 19.8 Å². The van der Waals surface area contributed by atoms with Crippen molar-refractivity contribution < 1.29 is 37.7 Å². The van der Waals surface area contributed by atoms with Crippen LogP contribution in [0.4, 0.5) is 0 Å². The highest BCUT2D eigenvalue weighted by Gasteiger charge is 2.33. The number of carbonyl (C=O) groups excluding carboxylic acids is 1. The van der Waals surface area contributed by atoms with Gasteiger partial charge in [-0.05, 0) is 40.2 Å². The molecular formula is C19H24NO8P. The largest absolute Gasteiger partial charge is 0.592 e. The van der Waals surface area contributed by atoms with Crippen molar-refractivity contribution >= 4 is 14.0 Å². The van der Waals surface area contributed by atoms with Crippen molar-refractivity contribution in [1.29, 1.82) is 0 Å². The summed E-state index contributed by atoms with van der Waals surface area (Å²) in [4.78, 5) is 23.6. The Kier molecular flexibility index (Phi) is 7.99. The molecule has 0 aliphatic heterocycles. The topological polar surface area (TPSA) is 120 Å². The Bertz CT molecular complexity index is 879. The van der Waals surface area contributed by atoms with Crippen molar-refractivity contribution in [1.82, 2.24) is 5.16 Å². The van der Waals surface area contributed by atoms with Crippen molar-refractivity contribution in [2.45, 2.75) is 40.5 Å². The Morgan fingerprint density at radius 1 is 1.10 bits per heavy atom. The Morgan fingerprint density at radius 2 is 1.79 bits per heavy atom. The number of esters is 1. The zero-order chi connectivity index (χ0) is 21.6. The molecule has 0 saturated heterocycles. The maximum atomic E-state index is 11.8. The van der Waals surface area contributed by atoms with Gasteiger partial charge in [0.2, 0.25) is 5.76 Å². The number of rotatable bonds is 10. The van der Waals surface area contributed by atoms with Gasteiger partial charge in [0, 0.05) is 17.7 Å². The van der Waals surface area contributed by atoms with E-state index in [1.165, 1.54) is 6.07 Å². The average Bonchev–Trinajstić information content (AvgIpc) is 3.16. The highest BCUT2D eigenvalue weighted by atomic mass is 31.1. The molecule has 29 heavy (non-hydrogen) atoms. The Morgan fingerprint density at radius 3 is 2.38 bits per heavy atom. The first-order chi connectivity index (χ1) is 13.8. The van der Waals surface area contributed by atoms with Gasteiger partial charge in [-0.1, -0.05) is 9.72 Å². The Balaban J connectivity index is 2.40. The van der Waals surface area contributed by atoms with E-state index in [0.717, 1.165) is 5.56 Å². The van der Waals surface area contributed by atoms with Crippen molar-refractivity contribution in [3.63, 3.8) is 0 Å². The lowest BCUT2D eigenvalue weighted by Gasteiger charge is -2.19. The molecule has 2 unspecified atom stereocenters. The minimum Gasteiger partial charge on any atom is -0.592 e. The van der Waals surface area contributed by atoms with Gasteiger partial charge in [0.1, 0.15) is 5.75 Å². The van der Waals surface area contributed by atoms with Crippen LogP contribution in [-0.4, -0.2) is 30.9 Å². The number of benzene rings is 1. The van der Waals surface area contributed by atoms with Gasteiger partial charge in [0.15, 0.2) is 17.2 Å². The first-order valence-electron chi connectivity index (χ1n) is 9.17. The molecular weight excluding hydrogens is 401 g/mol. The number of nitrogens with zero attached hydrogens (tertiary/aromatic N) is 1. The number of hydrogen-bond acceptors (Lipinski definition) is 9. The highest BCUT2D eigenvalue weighted by molar-refractivity contribution is 7.36. The molecule has 2 atom stereocenters. The molecule has 1 aromatic carbocycles. The van der Waals surface area contributed by atoms with Gasteiger partial charge in [-0.2, -0.15) is 0 Å². The SMILES string of the molecule is CCOC(=O)c1cc(C(Oc2cc(OCC)c(OCC)c(C)c2C)[P+](=O)[O-])on1. The van der Waals surface area contributed by atoms with Crippen LogP contribution >= 0.6 is 8.03 Å². The molecule has 2 rings (SSSR count). The van der Waals surface area contributed by atoms with Gasteiger partial charge in [0.05, 0.1) is 19.8 Å². The van der Waals surface area contributed by atoms with Crippen LogP contribution < -0.4 is 19.1 Å². The molecule has 158 valence electrons. The number of carbonyl (C=O) groups is 1. The van der Waals surface area contributed by atoms with E-state index in [9.17, 15) is 14.3 Å². The molecule has 0 radical (unpaired) electrons. The zero-order valence-corrected chi connectivity index (χ0v) is 17.9. The van der Waals surface area contributed by atoms with Gasteiger partial charge in [-0.3, -0.25) is 0 Å². The van der Waals surface area contributed by atoms with Crippen molar-refractivity contribution in [2.24, 2.45) is 0 Å². The summed E-state index contributed by atoms with van der Waals surface area (Å²) in [6, 6.07) is 2.76. The van der Waals surface area contributed by atoms with Crippen LogP contribution in [0.25, 0.3) is 0 Å². The van der Waals surface area contributed by atoms with Crippen LogP contribution in [0.15, 0.2) is 16.7 Å². The van der Waals surface area contributed by atoms with Gasteiger partial charge in [0.25, 0.3) is 0 Å². The molecule has 9 nitrogen and oxygen atoms in total. The van der Waals surface area contributed by atoms with E-state index >= 15 is 0 Å². The molecule has 0 aliphatic carbocycles. The van der Waals surface area contributed by atoms with Crippen LogP contribution in [0.5, 0.6) is 17.2 Å². The molecule has 0 fully saturated rings. The summed E-state index contributed by atoms with van der Waals surface area (Å²) in [5.41, 5.74) is 1.31. The molecule has 1 heterocycles. The van der Waals surface area contributed by atoms with Crippen LogP contribution in [0, 0.1) is 13.8 Å². The number of aromatic nitrogens is 1. The molecule has 0 aliphatic rings. The molecule has 0 saturated carbocycles. The monoisotopic (exact) mass is 425 g/mol. The summed E-state index contributed by atoms with van der Waals surface area (Å²) in [7, 11) is -3.11. The quantitative estimate of drug-likeness (QED) is 0.416. The number of ether oxygens (including phenoxy) is 4. The minimum absolute atomic E-state index is 0.131. The lowest BCUT2D eigenvalue weighted by molar-refractivity contribution is -0.171. The fourth-order valence-corrected chi connectivity index (χ4v) is 3.10.